The van der Waals surface area contributed by atoms with E-state index >= 15 is 0 Å². The minimum atomic E-state index is -3.80. The van der Waals surface area contributed by atoms with Gasteiger partial charge in [0, 0.05) is 19.6 Å². The van der Waals surface area contributed by atoms with Gasteiger partial charge in [0.2, 0.25) is 21.8 Å². The quantitative estimate of drug-likeness (QED) is 0.186. The summed E-state index contributed by atoms with van der Waals surface area (Å²) < 4.78 is 32.9. The maximum absolute atomic E-state index is 14.1. The zero-order valence-corrected chi connectivity index (χ0v) is 33.5. The first-order chi connectivity index (χ1) is 25.3. The van der Waals surface area contributed by atoms with Gasteiger partial charge in [-0.25, -0.2) is 18.0 Å². The zero-order valence-electron chi connectivity index (χ0n) is 32.7. The Morgan fingerprint density at radius 1 is 1.04 bits per heavy atom. The molecule has 1 saturated heterocycles. The van der Waals surface area contributed by atoms with Crippen LogP contribution in [-0.4, -0.2) is 95.8 Å². The van der Waals surface area contributed by atoms with Gasteiger partial charge in [-0.1, -0.05) is 72.6 Å². The third kappa shape index (κ3) is 9.67. The fraction of sp³-hybridized carbons (Fsp3) is 0.718. The number of carboxylic acid groups (broad SMARTS) is 1. The van der Waals surface area contributed by atoms with Gasteiger partial charge in [0.15, 0.2) is 0 Å². The lowest BCUT2D eigenvalue weighted by Crippen LogP contribution is -2.60. The van der Waals surface area contributed by atoms with Crippen LogP contribution in [0.5, 0.6) is 0 Å². The summed E-state index contributed by atoms with van der Waals surface area (Å²) in [4.78, 5) is 68.7. The number of carbonyl (C=O) groups is 5. The number of benzene rings is 1. The number of hydrogen-bond acceptors (Lipinski definition) is 8. The second kappa shape index (κ2) is 16.1. The highest BCUT2D eigenvalue weighted by Gasteiger charge is 2.62. The molecule has 1 aromatic carbocycles. The van der Waals surface area contributed by atoms with Crippen LogP contribution in [0.4, 0.5) is 9.59 Å². The predicted octanol–water partition coefficient (Wildman–Crippen LogP) is 4.49. The molecule has 4 atom stereocenters. The van der Waals surface area contributed by atoms with Crippen molar-refractivity contribution in [1.82, 2.24) is 25.2 Å². The van der Waals surface area contributed by atoms with Crippen LogP contribution < -0.4 is 15.4 Å². The number of aryl methyl sites for hydroxylation is 1. The van der Waals surface area contributed by atoms with Crippen LogP contribution in [0.15, 0.2) is 18.2 Å². The number of rotatable bonds is 15. The summed E-state index contributed by atoms with van der Waals surface area (Å²) in [6.07, 6.45) is 5.30. The van der Waals surface area contributed by atoms with Crippen LogP contribution in [0.2, 0.25) is 0 Å². The average molecular weight is 774 g/mol. The Morgan fingerprint density at radius 3 is 2.39 bits per heavy atom. The highest BCUT2D eigenvalue weighted by atomic mass is 32.2. The average Bonchev–Trinajstić information content (AvgIpc) is 4.03. The second-order valence-corrected chi connectivity index (χ2v) is 19.5. The molecule has 54 heavy (non-hydrogen) atoms. The van der Waals surface area contributed by atoms with E-state index in [0.717, 1.165) is 31.2 Å². The van der Waals surface area contributed by atoms with Gasteiger partial charge in [0.1, 0.15) is 17.6 Å². The van der Waals surface area contributed by atoms with Crippen molar-refractivity contribution in [3.8, 4) is 0 Å². The highest BCUT2D eigenvalue weighted by molar-refractivity contribution is 7.91. The van der Waals surface area contributed by atoms with E-state index in [4.69, 9.17) is 4.74 Å². The van der Waals surface area contributed by atoms with Gasteiger partial charge in [0.05, 0.1) is 11.9 Å². The van der Waals surface area contributed by atoms with E-state index in [1.54, 1.807) is 0 Å². The minimum Gasteiger partial charge on any atom is -0.465 e. The summed E-state index contributed by atoms with van der Waals surface area (Å²) in [5.74, 6) is -1.88. The molecule has 2 aliphatic heterocycles. The Hall–Kier alpha value is -3.88. The lowest BCUT2D eigenvalue weighted by molar-refractivity contribution is -0.142. The normalized spacial score (nSPS) is 23.2. The van der Waals surface area contributed by atoms with Crippen molar-refractivity contribution < 1.29 is 42.2 Å². The van der Waals surface area contributed by atoms with Gasteiger partial charge in [-0.3, -0.25) is 19.1 Å². The topological polar surface area (TPSA) is 192 Å². The van der Waals surface area contributed by atoms with Crippen molar-refractivity contribution in [1.29, 1.82) is 0 Å². The van der Waals surface area contributed by atoms with Crippen LogP contribution in [0.1, 0.15) is 116 Å². The summed E-state index contributed by atoms with van der Waals surface area (Å²) in [7, 11) is -3.80. The van der Waals surface area contributed by atoms with Gasteiger partial charge in [-0.15, -0.1) is 0 Å². The molecule has 5 rings (SSSR count). The minimum absolute atomic E-state index is 0.131. The van der Waals surface area contributed by atoms with Gasteiger partial charge in [0.25, 0.3) is 5.91 Å². The molecule has 0 spiro atoms. The molecule has 3 fully saturated rings. The van der Waals surface area contributed by atoms with E-state index < -0.39 is 68.2 Å². The van der Waals surface area contributed by atoms with E-state index in [1.807, 2.05) is 47.6 Å². The van der Waals surface area contributed by atoms with Crippen molar-refractivity contribution >= 4 is 39.9 Å². The molecular weight excluding hydrogens is 715 g/mol. The first-order valence-electron chi connectivity index (χ1n) is 19.5. The van der Waals surface area contributed by atoms with Gasteiger partial charge in [-0.2, -0.15) is 0 Å². The predicted molar refractivity (Wildman–Crippen MR) is 202 cm³/mol. The van der Waals surface area contributed by atoms with Crippen LogP contribution >= 0.6 is 0 Å². The number of fused-ring (bicyclic) bond motifs is 1. The molecule has 0 aromatic heterocycles. The molecule has 0 bridgehead atoms. The largest absolute Gasteiger partial charge is 0.465 e. The first kappa shape index (κ1) is 41.3. The molecule has 0 unspecified atom stereocenters. The maximum atomic E-state index is 14.1. The molecule has 0 radical (unpaired) electrons. The van der Waals surface area contributed by atoms with E-state index in [-0.39, 0.29) is 17.9 Å². The van der Waals surface area contributed by atoms with Gasteiger partial charge < -0.3 is 30.3 Å². The third-order valence-corrected chi connectivity index (χ3v) is 13.4. The van der Waals surface area contributed by atoms with E-state index in [9.17, 15) is 37.5 Å². The number of alkyl carbamates (subject to hydrolysis) is 1. The molecule has 2 aliphatic carbocycles. The molecule has 4 N–H and O–H groups in total. The molecule has 14 nitrogen and oxygen atoms in total. The summed E-state index contributed by atoms with van der Waals surface area (Å²) >= 11 is 0. The molecule has 4 aliphatic rings. The lowest BCUT2D eigenvalue weighted by atomic mass is 9.85. The van der Waals surface area contributed by atoms with Gasteiger partial charge in [-0.05, 0) is 91.2 Å². The molecule has 300 valence electrons. The second-order valence-electron chi connectivity index (χ2n) is 17.5. The standard InChI is InChI=1S/C39H59N5O9S/c1-7-27-22-39(27,34(47)42-54(51,52)28-16-17-28)41-32(45)30-15-11-20-44(30)33(46)31(37(2,3)4)40-35(48)53-24-38(5,6)19-9-8-12-25-13-10-14-26-18-21-43(36(49)50)23-29(25)26/h10,13-14,27-28,30-31H,7-9,11-12,15-24H2,1-6H3,(H,40,48)(H,41,45)(H,42,47)(H,49,50)/t27-,30+,31-,39-/m1/s1. The Morgan fingerprint density at radius 2 is 1.76 bits per heavy atom. The van der Waals surface area contributed by atoms with Crippen molar-refractivity contribution in [2.75, 3.05) is 19.7 Å². The number of nitrogens with one attached hydrogen (secondary N) is 3. The number of likely N-dealkylation sites (tertiary alicyclic amines) is 1. The van der Waals surface area contributed by atoms with Crippen molar-refractivity contribution in [2.24, 2.45) is 16.7 Å². The Labute approximate surface area is 319 Å². The molecular formula is C39H59N5O9S. The lowest BCUT2D eigenvalue weighted by Gasteiger charge is -2.35. The highest BCUT2D eigenvalue weighted by Crippen LogP contribution is 2.47. The number of sulfonamides is 1. The van der Waals surface area contributed by atoms with E-state index in [1.165, 1.54) is 20.9 Å². The number of carbonyl (C=O) groups excluding carboxylic acids is 4. The van der Waals surface area contributed by atoms with Crippen LogP contribution in [0.3, 0.4) is 0 Å². The maximum Gasteiger partial charge on any atom is 0.407 e. The summed E-state index contributed by atoms with van der Waals surface area (Å²) in [6, 6.07) is 4.30. The first-order valence-corrected chi connectivity index (χ1v) is 21.0. The number of unbranched alkanes of at least 4 members (excludes halogenated alkanes) is 1. The van der Waals surface area contributed by atoms with Crippen LogP contribution in [0.25, 0.3) is 0 Å². The number of hydrogen-bond donors (Lipinski definition) is 4. The fourth-order valence-electron chi connectivity index (χ4n) is 7.87. The smallest absolute Gasteiger partial charge is 0.407 e. The van der Waals surface area contributed by atoms with E-state index in [2.05, 4.69) is 27.5 Å². The monoisotopic (exact) mass is 773 g/mol. The Balaban J connectivity index is 1.13. The van der Waals surface area contributed by atoms with Gasteiger partial charge >= 0.3 is 12.2 Å². The number of amides is 5. The van der Waals surface area contributed by atoms with E-state index in [0.29, 0.717) is 64.6 Å². The van der Waals surface area contributed by atoms with Crippen LogP contribution in [0, 0.1) is 16.7 Å². The zero-order chi connectivity index (χ0) is 39.6. The molecule has 2 heterocycles. The summed E-state index contributed by atoms with van der Waals surface area (Å²) in [6.45, 7) is 12.7. The van der Waals surface area contributed by atoms with Crippen LogP contribution in [-0.2, 0) is 48.5 Å². The summed E-state index contributed by atoms with van der Waals surface area (Å²) in [5, 5.41) is 14.5. The third-order valence-electron chi connectivity index (χ3n) is 11.5. The fourth-order valence-corrected chi connectivity index (χ4v) is 9.24. The molecule has 15 heteroatoms. The summed E-state index contributed by atoms with van der Waals surface area (Å²) in [5.41, 5.74) is 1.08. The molecule has 5 amide bonds. The molecule has 1 aromatic rings. The molecule has 2 saturated carbocycles. The number of nitrogens with zero attached hydrogens (tertiary/aromatic N) is 2. The SMILES string of the molecule is CC[C@@H]1C[C@]1(NC(=O)[C@@H]1CCCN1C(=O)[C@@H](NC(=O)OCC(C)(C)CCCCc1cccc2c1CN(C(=O)O)CC2)C(C)(C)C)C(=O)NS(=O)(=O)C1CC1. The van der Waals surface area contributed by atoms with Crippen molar-refractivity contribution in [2.45, 2.75) is 142 Å². The Kier molecular flexibility index (Phi) is 12.3. The van der Waals surface area contributed by atoms with Crippen molar-refractivity contribution in [3.05, 3.63) is 34.9 Å². The number of ether oxygens (including phenoxy) is 1. The Bertz CT molecular complexity index is 1720. The van der Waals surface area contributed by atoms with Crippen molar-refractivity contribution in [3.63, 3.8) is 0 Å².